The van der Waals surface area contributed by atoms with Crippen LogP contribution in [0.5, 0.6) is 0 Å². The van der Waals surface area contributed by atoms with Crippen molar-refractivity contribution in [2.75, 3.05) is 13.2 Å². The van der Waals surface area contributed by atoms with Gasteiger partial charge in [-0.15, -0.1) is 0 Å². The van der Waals surface area contributed by atoms with Gasteiger partial charge in [-0.1, -0.05) is 51.1 Å². The number of hydrogen-bond donors (Lipinski definition) is 1. The lowest BCUT2D eigenvalue weighted by atomic mass is 10.0. The first-order valence-corrected chi connectivity index (χ1v) is 10.2. The van der Waals surface area contributed by atoms with E-state index in [0.29, 0.717) is 6.61 Å². The van der Waals surface area contributed by atoms with Gasteiger partial charge in [0, 0.05) is 12.5 Å². The fourth-order valence-electron chi connectivity index (χ4n) is 1.67. The molecule has 1 atom stereocenters. The lowest BCUT2D eigenvalue weighted by molar-refractivity contribution is 0.134. The van der Waals surface area contributed by atoms with Gasteiger partial charge < -0.3 is 14.9 Å². The van der Waals surface area contributed by atoms with Gasteiger partial charge in [0.05, 0.1) is 0 Å². The smallest absolute Gasteiger partial charge is 0.404 e. The Hall–Kier alpha value is -1.33. The van der Waals surface area contributed by atoms with E-state index < -0.39 is 14.4 Å². The van der Waals surface area contributed by atoms with E-state index in [1.54, 1.807) is 0 Å². The SMILES string of the molecule is CC(C)(C)[Si](C)(C)OC[C@H](COC(N)=O)c1ccccc1. The Bertz CT molecular complexity index is 454. The Labute approximate surface area is 128 Å². The molecule has 118 valence electrons. The summed E-state index contributed by atoms with van der Waals surface area (Å²) in [5, 5.41) is 0.152. The molecule has 1 rings (SSSR count). The van der Waals surface area contributed by atoms with Crippen molar-refractivity contribution in [1.82, 2.24) is 0 Å². The highest BCUT2D eigenvalue weighted by Crippen LogP contribution is 2.37. The van der Waals surface area contributed by atoms with Crippen molar-refractivity contribution in [3.05, 3.63) is 35.9 Å². The van der Waals surface area contributed by atoms with E-state index >= 15 is 0 Å². The second-order valence-corrected chi connectivity index (χ2v) is 11.6. The minimum atomic E-state index is -1.83. The third-order valence-corrected chi connectivity index (χ3v) is 8.65. The van der Waals surface area contributed by atoms with E-state index in [2.05, 4.69) is 33.9 Å². The largest absolute Gasteiger partial charge is 0.449 e. The first kappa shape index (κ1) is 17.7. The molecule has 0 aromatic heterocycles. The van der Waals surface area contributed by atoms with Crippen LogP contribution in [-0.2, 0) is 9.16 Å². The molecule has 21 heavy (non-hydrogen) atoms. The minimum Gasteiger partial charge on any atom is -0.449 e. The van der Waals surface area contributed by atoms with Crippen LogP contribution in [0.2, 0.25) is 18.1 Å². The molecule has 4 nitrogen and oxygen atoms in total. The zero-order chi connectivity index (χ0) is 16.1. The van der Waals surface area contributed by atoms with Crippen LogP contribution in [0.1, 0.15) is 32.3 Å². The van der Waals surface area contributed by atoms with Gasteiger partial charge in [0.15, 0.2) is 8.32 Å². The molecule has 2 N–H and O–H groups in total. The fourth-order valence-corrected chi connectivity index (χ4v) is 2.72. The molecule has 1 aromatic carbocycles. The van der Waals surface area contributed by atoms with Gasteiger partial charge in [-0.25, -0.2) is 4.79 Å². The molecule has 0 radical (unpaired) electrons. The maximum Gasteiger partial charge on any atom is 0.404 e. The molecular formula is C16H27NO3Si. The van der Waals surface area contributed by atoms with Crippen molar-refractivity contribution in [3.8, 4) is 0 Å². The van der Waals surface area contributed by atoms with E-state index in [4.69, 9.17) is 14.9 Å². The summed E-state index contributed by atoms with van der Waals surface area (Å²) in [5.41, 5.74) is 6.17. The molecule has 0 saturated heterocycles. The molecule has 1 amide bonds. The van der Waals surface area contributed by atoms with E-state index in [-0.39, 0.29) is 17.6 Å². The first-order chi connectivity index (χ1) is 9.63. The van der Waals surface area contributed by atoms with Crippen LogP contribution in [0.15, 0.2) is 30.3 Å². The molecule has 1 aromatic rings. The van der Waals surface area contributed by atoms with Crippen molar-refractivity contribution >= 4 is 14.4 Å². The summed E-state index contributed by atoms with van der Waals surface area (Å²) in [4.78, 5) is 10.9. The van der Waals surface area contributed by atoms with Crippen molar-refractivity contribution in [3.63, 3.8) is 0 Å². The topological polar surface area (TPSA) is 61.6 Å². The third-order valence-electron chi connectivity index (χ3n) is 4.15. The molecule has 5 heteroatoms. The number of amides is 1. The Morgan fingerprint density at radius 2 is 1.76 bits per heavy atom. The fraction of sp³-hybridized carbons (Fsp3) is 0.562. The molecule has 0 bridgehead atoms. The van der Waals surface area contributed by atoms with Gasteiger partial charge in [0.1, 0.15) is 6.61 Å². The quantitative estimate of drug-likeness (QED) is 0.811. The predicted molar refractivity (Wildman–Crippen MR) is 87.9 cm³/mol. The number of rotatable bonds is 6. The van der Waals surface area contributed by atoms with Crippen molar-refractivity contribution in [2.45, 2.75) is 44.8 Å². The Balaban J connectivity index is 2.77. The summed E-state index contributed by atoms with van der Waals surface area (Å²) in [6.45, 7) is 11.8. The Kier molecular flexibility index (Phi) is 5.98. The summed E-state index contributed by atoms with van der Waals surface area (Å²) in [6, 6.07) is 9.94. The number of ether oxygens (including phenoxy) is 1. The normalized spacial score (nSPS) is 13.8. The number of nitrogens with two attached hydrogens (primary N) is 1. The summed E-state index contributed by atoms with van der Waals surface area (Å²) in [7, 11) is -1.83. The van der Waals surface area contributed by atoms with Gasteiger partial charge in [0.25, 0.3) is 0 Å². The van der Waals surface area contributed by atoms with Crippen LogP contribution in [0.25, 0.3) is 0 Å². The monoisotopic (exact) mass is 309 g/mol. The molecule has 0 unspecified atom stereocenters. The molecular weight excluding hydrogens is 282 g/mol. The summed E-state index contributed by atoms with van der Waals surface area (Å²) < 4.78 is 11.2. The van der Waals surface area contributed by atoms with E-state index in [1.165, 1.54) is 0 Å². The summed E-state index contributed by atoms with van der Waals surface area (Å²) in [5.74, 6) is 0.00725. The van der Waals surface area contributed by atoms with Crippen LogP contribution in [-0.4, -0.2) is 27.6 Å². The zero-order valence-electron chi connectivity index (χ0n) is 13.7. The third kappa shape index (κ3) is 5.51. The molecule has 0 saturated carbocycles. The van der Waals surface area contributed by atoms with Crippen molar-refractivity contribution < 1.29 is 14.0 Å². The second-order valence-electron chi connectivity index (χ2n) is 6.81. The number of carbonyl (C=O) groups is 1. The zero-order valence-corrected chi connectivity index (χ0v) is 14.7. The predicted octanol–water partition coefficient (Wildman–Crippen LogP) is 3.89. The molecule has 0 aliphatic carbocycles. The van der Waals surface area contributed by atoms with E-state index in [9.17, 15) is 4.79 Å². The second kappa shape index (κ2) is 7.09. The summed E-state index contributed by atoms with van der Waals surface area (Å²) in [6.07, 6.45) is -0.747. The average molecular weight is 309 g/mol. The highest BCUT2D eigenvalue weighted by atomic mass is 28.4. The van der Waals surface area contributed by atoms with Crippen LogP contribution in [0, 0.1) is 0 Å². The molecule has 0 heterocycles. The number of carbonyl (C=O) groups excluding carboxylic acids is 1. The van der Waals surface area contributed by atoms with Crippen LogP contribution >= 0.6 is 0 Å². The minimum absolute atomic E-state index is 0.00725. The maximum atomic E-state index is 10.9. The van der Waals surface area contributed by atoms with Gasteiger partial charge in [0.2, 0.25) is 0 Å². The van der Waals surface area contributed by atoms with Gasteiger partial charge in [-0.05, 0) is 23.7 Å². The molecule has 0 fully saturated rings. The molecule has 0 aliphatic heterocycles. The maximum absolute atomic E-state index is 10.9. The van der Waals surface area contributed by atoms with E-state index in [1.807, 2.05) is 30.3 Å². The standard InChI is InChI=1S/C16H27NO3Si/c1-16(2,3)21(4,5)20-12-14(11-19-15(17)18)13-9-7-6-8-10-13/h6-10,14H,11-12H2,1-5H3,(H2,17,18)/t14-/m0/s1. The van der Waals surface area contributed by atoms with Crippen LogP contribution in [0.4, 0.5) is 4.79 Å². The molecule has 0 spiro atoms. The number of primary amides is 1. The van der Waals surface area contributed by atoms with Gasteiger partial charge >= 0.3 is 6.09 Å². The number of benzene rings is 1. The molecule has 0 aliphatic rings. The Morgan fingerprint density at radius 3 is 2.24 bits per heavy atom. The number of hydrogen-bond acceptors (Lipinski definition) is 3. The summed E-state index contributed by atoms with van der Waals surface area (Å²) >= 11 is 0. The lowest BCUT2D eigenvalue weighted by Crippen LogP contribution is -2.42. The highest BCUT2D eigenvalue weighted by molar-refractivity contribution is 6.74. The lowest BCUT2D eigenvalue weighted by Gasteiger charge is -2.37. The van der Waals surface area contributed by atoms with Crippen molar-refractivity contribution in [1.29, 1.82) is 0 Å². The Morgan fingerprint density at radius 1 is 1.19 bits per heavy atom. The van der Waals surface area contributed by atoms with Crippen molar-refractivity contribution in [2.24, 2.45) is 5.73 Å². The first-order valence-electron chi connectivity index (χ1n) is 7.24. The average Bonchev–Trinajstić information content (AvgIpc) is 2.38. The van der Waals surface area contributed by atoms with Gasteiger partial charge in [-0.2, -0.15) is 0 Å². The van der Waals surface area contributed by atoms with Crippen LogP contribution < -0.4 is 5.73 Å². The van der Waals surface area contributed by atoms with Crippen LogP contribution in [0.3, 0.4) is 0 Å². The van der Waals surface area contributed by atoms with E-state index in [0.717, 1.165) is 5.56 Å². The highest BCUT2D eigenvalue weighted by Gasteiger charge is 2.37. The van der Waals surface area contributed by atoms with Gasteiger partial charge in [-0.3, -0.25) is 0 Å².